The summed E-state index contributed by atoms with van der Waals surface area (Å²) in [6, 6.07) is 3.39. The van der Waals surface area contributed by atoms with E-state index >= 15 is 0 Å². The number of nitrogens with zero attached hydrogens (tertiary/aromatic N) is 4. The summed E-state index contributed by atoms with van der Waals surface area (Å²) in [5.74, 6) is -0.557. The Balaban J connectivity index is 1.60. The van der Waals surface area contributed by atoms with E-state index in [1.807, 2.05) is 0 Å². The van der Waals surface area contributed by atoms with Gasteiger partial charge in [0.05, 0.1) is 23.8 Å². The van der Waals surface area contributed by atoms with Gasteiger partial charge in [-0.05, 0) is 37.0 Å². The lowest BCUT2D eigenvalue weighted by atomic mass is 9.94. The number of carbonyl (C=O) groups is 1. The Morgan fingerprint density at radius 1 is 1.36 bits per heavy atom. The summed E-state index contributed by atoms with van der Waals surface area (Å²) in [5.41, 5.74) is -0.613. The van der Waals surface area contributed by atoms with E-state index < -0.39 is 17.6 Å². The van der Waals surface area contributed by atoms with E-state index in [-0.39, 0.29) is 29.3 Å². The van der Waals surface area contributed by atoms with Gasteiger partial charge in [0.25, 0.3) is 5.91 Å². The first kappa shape index (κ1) is 18.3. The zero-order valence-electron chi connectivity index (χ0n) is 15.1. The van der Waals surface area contributed by atoms with Crippen LogP contribution >= 0.6 is 0 Å². The number of fused-ring (bicyclic) bond motifs is 2. The number of nitriles is 1. The molecule has 0 aliphatic carbocycles. The molecule has 2 saturated heterocycles. The van der Waals surface area contributed by atoms with Gasteiger partial charge >= 0.3 is 6.18 Å². The Bertz CT molecular complexity index is 961. The van der Waals surface area contributed by atoms with Gasteiger partial charge in [0.15, 0.2) is 6.19 Å². The average molecular weight is 389 g/mol. The van der Waals surface area contributed by atoms with Crippen LogP contribution in [0.15, 0.2) is 30.6 Å². The second kappa shape index (κ2) is 6.55. The summed E-state index contributed by atoms with van der Waals surface area (Å²) in [4.78, 5) is 14.3. The molecule has 1 aromatic heterocycles. The highest BCUT2D eigenvalue weighted by Gasteiger charge is 2.46. The Hall–Kier alpha value is -3.02. The summed E-state index contributed by atoms with van der Waals surface area (Å²) >= 11 is 0. The lowest BCUT2D eigenvalue weighted by Gasteiger charge is -2.22. The van der Waals surface area contributed by atoms with E-state index in [1.165, 1.54) is 29.2 Å². The molecule has 9 heteroatoms. The number of hydrogen-bond acceptors (Lipinski definition) is 4. The highest BCUT2D eigenvalue weighted by molar-refractivity contribution is 5.95. The van der Waals surface area contributed by atoms with Crippen molar-refractivity contribution in [2.45, 2.75) is 43.6 Å². The van der Waals surface area contributed by atoms with Crippen molar-refractivity contribution in [3.63, 3.8) is 0 Å². The van der Waals surface area contributed by atoms with Gasteiger partial charge in [0.1, 0.15) is 0 Å². The van der Waals surface area contributed by atoms with Crippen LogP contribution in [0.4, 0.5) is 13.2 Å². The highest BCUT2D eigenvalue weighted by Crippen LogP contribution is 2.39. The minimum absolute atomic E-state index is 0.0206. The molecule has 4 rings (SSSR count). The van der Waals surface area contributed by atoms with Crippen LogP contribution in [0.3, 0.4) is 0 Å². The summed E-state index contributed by atoms with van der Waals surface area (Å²) in [7, 11) is 1.62. The molecule has 0 spiro atoms. The Morgan fingerprint density at radius 3 is 2.75 bits per heavy atom. The van der Waals surface area contributed by atoms with Gasteiger partial charge in [-0.25, -0.2) is 0 Å². The number of rotatable bonds is 3. The predicted octanol–water partition coefficient (Wildman–Crippen LogP) is 2.92. The molecular weight excluding hydrogens is 371 g/mol. The fourth-order valence-electron chi connectivity index (χ4n) is 4.28. The standard InChI is InChI=1S/C19H18F3N5O/c1-26-9-12(8-24-26)14-4-2-11(6-15(14)19(20,21)22)18(28)25-16-7-13-3-5-17(16)27(13)10-23/h2,4,6,8-9,13,16-17H,3,5,7H2,1H3,(H,25,28)/t13-,16+,17+/m0/s1. The molecular formula is C19H18F3N5O. The maximum atomic E-state index is 13.6. The number of nitrogens with one attached hydrogen (secondary N) is 1. The van der Waals surface area contributed by atoms with Crippen LogP contribution in [-0.4, -0.2) is 38.7 Å². The van der Waals surface area contributed by atoms with Crippen LogP contribution in [0.25, 0.3) is 11.1 Å². The van der Waals surface area contributed by atoms with Crippen LogP contribution in [0.1, 0.15) is 35.2 Å². The third kappa shape index (κ3) is 3.09. The lowest BCUT2D eigenvalue weighted by molar-refractivity contribution is -0.137. The lowest BCUT2D eigenvalue weighted by Crippen LogP contribution is -2.43. The van der Waals surface area contributed by atoms with Gasteiger partial charge in [0.2, 0.25) is 0 Å². The van der Waals surface area contributed by atoms with Crippen molar-refractivity contribution < 1.29 is 18.0 Å². The van der Waals surface area contributed by atoms with Crippen molar-refractivity contribution in [3.8, 4) is 17.3 Å². The molecule has 0 radical (unpaired) electrons. The largest absolute Gasteiger partial charge is 0.417 e. The predicted molar refractivity (Wildman–Crippen MR) is 93.8 cm³/mol. The summed E-state index contributed by atoms with van der Waals surface area (Å²) < 4.78 is 42.2. The molecule has 3 heterocycles. The quantitative estimate of drug-likeness (QED) is 0.820. The van der Waals surface area contributed by atoms with E-state index in [4.69, 9.17) is 0 Å². The molecule has 1 N–H and O–H groups in total. The van der Waals surface area contributed by atoms with Crippen LogP contribution < -0.4 is 5.32 Å². The highest BCUT2D eigenvalue weighted by atomic mass is 19.4. The van der Waals surface area contributed by atoms with Crippen LogP contribution in [0.5, 0.6) is 0 Å². The number of hydrogen-bond donors (Lipinski definition) is 1. The first-order valence-corrected chi connectivity index (χ1v) is 8.97. The second-order valence-corrected chi connectivity index (χ2v) is 7.28. The second-order valence-electron chi connectivity index (χ2n) is 7.28. The number of amides is 1. The number of carbonyl (C=O) groups excluding carboxylic acids is 1. The van der Waals surface area contributed by atoms with Gasteiger partial charge in [-0.15, -0.1) is 0 Å². The SMILES string of the molecule is Cn1cc(-c2ccc(C(=O)N[C@@H]3C[C@@H]4CC[C@H]3N4C#N)cc2C(F)(F)F)cn1. The molecule has 6 nitrogen and oxygen atoms in total. The zero-order valence-corrected chi connectivity index (χ0v) is 15.1. The maximum Gasteiger partial charge on any atom is 0.417 e. The average Bonchev–Trinajstić information content (AvgIpc) is 3.34. The first-order chi connectivity index (χ1) is 13.3. The molecule has 2 aliphatic rings. The summed E-state index contributed by atoms with van der Waals surface area (Å²) in [5, 5.41) is 15.9. The van der Waals surface area contributed by atoms with Gasteiger partial charge in [0, 0.05) is 30.4 Å². The molecule has 146 valence electrons. The van der Waals surface area contributed by atoms with E-state index in [9.17, 15) is 23.2 Å². The Labute approximate surface area is 159 Å². The summed E-state index contributed by atoms with van der Waals surface area (Å²) in [6.07, 6.45) is 2.75. The molecule has 28 heavy (non-hydrogen) atoms. The molecule has 0 unspecified atom stereocenters. The minimum Gasteiger partial charge on any atom is -0.347 e. The van der Waals surface area contributed by atoms with Gasteiger partial charge in [-0.2, -0.15) is 23.5 Å². The number of aryl methyl sites for hydroxylation is 1. The number of halogens is 3. The molecule has 2 bridgehead atoms. The molecule has 1 aromatic carbocycles. The van der Waals surface area contributed by atoms with Gasteiger partial charge in [-0.3, -0.25) is 9.48 Å². The number of alkyl halides is 3. The maximum absolute atomic E-state index is 13.6. The topological polar surface area (TPSA) is 74.0 Å². The normalized spacial score (nSPS) is 23.7. The molecule has 2 fully saturated rings. The third-order valence-electron chi connectivity index (χ3n) is 5.57. The van der Waals surface area contributed by atoms with Crippen LogP contribution in [-0.2, 0) is 13.2 Å². The molecule has 3 atom stereocenters. The van der Waals surface area contributed by atoms with Crippen molar-refractivity contribution in [1.82, 2.24) is 20.0 Å². The number of benzene rings is 1. The fourth-order valence-corrected chi connectivity index (χ4v) is 4.28. The molecule has 1 amide bonds. The van der Waals surface area contributed by atoms with Crippen molar-refractivity contribution in [2.75, 3.05) is 0 Å². The monoisotopic (exact) mass is 389 g/mol. The van der Waals surface area contributed by atoms with E-state index in [2.05, 4.69) is 16.6 Å². The zero-order chi connectivity index (χ0) is 20.1. The molecule has 2 aromatic rings. The van der Waals surface area contributed by atoms with E-state index in [1.54, 1.807) is 11.9 Å². The van der Waals surface area contributed by atoms with Crippen LogP contribution in [0, 0.1) is 11.5 Å². The van der Waals surface area contributed by atoms with Gasteiger partial charge < -0.3 is 10.2 Å². The molecule has 2 aliphatic heterocycles. The number of aromatic nitrogens is 2. The van der Waals surface area contributed by atoms with Gasteiger partial charge in [-0.1, -0.05) is 6.07 Å². The third-order valence-corrected chi connectivity index (χ3v) is 5.57. The van der Waals surface area contributed by atoms with Crippen molar-refractivity contribution in [1.29, 1.82) is 5.26 Å². The minimum atomic E-state index is -4.61. The summed E-state index contributed by atoms with van der Waals surface area (Å²) in [6.45, 7) is 0. The van der Waals surface area contributed by atoms with Crippen molar-refractivity contribution >= 4 is 5.91 Å². The van der Waals surface area contributed by atoms with E-state index in [0.29, 0.717) is 12.0 Å². The fraction of sp³-hybridized carbons (Fsp3) is 0.421. The Kier molecular flexibility index (Phi) is 4.29. The Morgan fingerprint density at radius 2 is 2.14 bits per heavy atom. The van der Waals surface area contributed by atoms with Crippen molar-refractivity contribution in [2.24, 2.45) is 7.05 Å². The van der Waals surface area contributed by atoms with Crippen molar-refractivity contribution in [3.05, 3.63) is 41.7 Å². The van der Waals surface area contributed by atoms with Crippen LogP contribution in [0.2, 0.25) is 0 Å². The van der Waals surface area contributed by atoms with E-state index in [0.717, 1.165) is 18.9 Å². The first-order valence-electron chi connectivity index (χ1n) is 8.97. The molecule has 0 saturated carbocycles. The smallest absolute Gasteiger partial charge is 0.347 e.